The number of hydrogen-bond acceptors (Lipinski definition) is 4. The van der Waals surface area contributed by atoms with Crippen LogP contribution in [0.4, 0.5) is 5.82 Å². The van der Waals surface area contributed by atoms with E-state index in [0.29, 0.717) is 19.0 Å². The fourth-order valence-electron chi connectivity index (χ4n) is 3.61. The van der Waals surface area contributed by atoms with Gasteiger partial charge < -0.3 is 5.32 Å². The lowest BCUT2D eigenvalue weighted by molar-refractivity contribution is 0.321. The lowest BCUT2D eigenvalue weighted by Crippen LogP contribution is -2.40. The van der Waals surface area contributed by atoms with Gasteiger partial charge in [0.1, 0.15) is 35.0 Å². The molecule has 0 unspecified atom stereocenters. The first kappa shape index (κ1) is 19.4. The van der Waals surface area contributed by atoms with Gasteiger partial charge in [0.25, 0.3) is 0 Å². The summed E-state index contributed by atoms with van der Waals surface area (Å²) in [5.41, 5.74) is 3.28. The minimum atomic E-state index is -3.09. The first-order valence-corrected chi connectivity index (χ1v) is 11.2. The van der Waals surface area contributed by atoms with Crippen molar-refractivity contribution < 1.29 is 8.42 Å². The number of rotatable bonds is 5. The molecule has 1 saturated heterocycles. The van der Waals surface area contributed by atoms with Crippen molar-refractivity contribution in [2.24, 2.45) is 0 Å². The van der Waals surface area contributed by atoms with Crippen LogP contribution in [0.3, 0.4) is 0 Å². The Balaban J connectivity index is 1.90. The maximum absolute atomic E-state index is 11.7. The Kier molecular flexibility index (Phi) is 5.18. The Morgan fingerprint density at radius 1 is 1.27 bits per heavy atom. The van der Waals surface area contributed by atoms with Gasteiger partial charge in [0.05, 0.1) is 11.9 Å². The second kappa shape index (κ2) is 6.96. The van der Waals surface area contributed by atoms with Crippen LogP contribution < -0.4 is 5.32 Å². The van der Waals surface area contributed by atoms with Gasteiger partial charge in [-0.25, -0.2) is 17.7 Å². The normalized spacial score (nSPS) is 17.6. The Labute approximate surface area is 159 Å². The molecule has 0 aliphatic carbocycles. The first-order valence-electron chi connectivity index (χ1n) is 9.32. The van der Waals surface area contributed by atoms with Crippen LogP contribution in [0.5, 0.6) is 0 Å². The van der Waals surface area contributed by atoms with Crippen molar-refractivity contribution in [1.82, 2.24) is 13.7 Å². The first-order chi connectivity index (χ1) is 12.1. The third kappa shape index (κ3) is 4.12. The molecule has 2 aromatic heterocycles. The second-order valence-electron chi connectivity index (χ2n) is 8.26. The predicted molar refractivity (Wildman–Crippen MR) is 115 cm³/mol. The van der Waals surface area contributed by atoms with Crippen LogP contribution in [0, 0.1) is 0 Å². The highest BCUT2D eigenvalue weighted by molar-refractivity contribution is 7.88. The molecule has 26 heavy (non-hydrogen) atoms. The monoisotopic (exact) mass is 372 g/mol. The van der Waals surface area contributed by atoms with Crippen LogP contribution >= 0.6 is 0 Å². The van der Waals surface area contributed by atoms with E-state index in [1.807, 2.05) is 0 Å². The number of imidazole rings is 1. The number of nitrogens with one attached hydrogen (secondary N) is 1. The number of fused-ring (bicyclic) bond motifs is 1. The molecule has 0 saturated carbocycles. The molecule has 1 N–H and O–H groups in total. The van der Waals surface area contributed by atoms with Crippen LogP contribution in [0.25, 0.3) is 5.65 Å². The van der Waals surface area contributed by atoms with Crippen molar-refractivity contribution >= 4 is 45.0 Å². The van der Waals surface area contributed by atoms with Gasteiger partial charge in [-0.15, -0.1) is 0 Å². The third-order valence-electron chi connectivity index (χ3n) is 4.94. The number of sulfonamides is 1. The van der Waals surface area contributed by atoms with E-state index >= 15 is 0 Å². The molecular formula is C16H27B3N4O2S. The number of pyridine rings is 1. The number of piperidine rings is 1. The summed E-state index contributed by atoms with van der Waals surface area (Å²) in [6, 6.07) is 4.22. The standard InChI is InChI=1S/C16H27B3N4O2S/c1-3-13-15(21-16(17,18)19)23-10-12(4-5-14(23)20-13)11-6-8-22(9-7-11)26(2,24)25/h4-5,10-11,21H,3,6-9,17-19H2,1-2H3. The predicted octanol–water partition coefficient (Wildman–Crippen LogP) is -1.04. The van der Waals surface area contributed by atoms with Gasteiger partial charge in [0.2, 0.25) is 10.0 Å². The van der Waals surface area contributed by atoms with Crippen molar-refractivity contribution in [2.45, 2.75) is 37.3 Å². The quantitative estimate of drug-likeness (QED) is 0.682. The minimum absolute atomic E-state index is 0.0449. The van der Waals surface area contributed by atoms with E-state index in [1.54, 1.807) is 4.31 Å². The lowest BCUT2D eigenvalue weighted by Gasteiger charge is -2.30. The fraction of sp³-hybridized carbons (Fsp3) is 0.562. The average Bonchev–Trinajstić information content (AvgIpc) is 2.89. The smallest absolute Gasteiger partial charge is 0.211 e. The van der Waals surface area contributed by atoms with Crippen molar-refractivity contribution in [2.75, 3.05) is 24.7 Å². The third-order valence-corrected chi connectivity index (χ3v) is 6.24. The van der Waals surface area contributed by atoms with Crippen molar-refractivity contribution in [3.63, 3.8) is 0 Å². The Morgan fingerprint density at radius 3 is 2.46 bits per heavy atom. The van der Waals surface area contributed by atoms with E-state index in [9.17, 15) is 8.42 Å². The molecule has 0 radical (unpaired) electrons. The highest BCUT2D eigenvalue weighted by atomic mass is 32.2. The summed E-state index contributed by atoms with van der Waals surface area (Å²) in [5, 5.41) is 3.55. The zero-order chi connectivity index (χ0) is 19.1. The summed E-state index contributed by atoms with van der Waals surface area (Å²) in [5.74, 6) is 1.44. The van der Waals surface area contributed by atoms with Gasteiger partial charge in [-0.1, -0.05) is 13.0 Å². The van der Waals surface area contributed by atoms with Crippen molar-refractivity contribution in [3.05, 3.63) is 29.6 Å². The van der Waals surface area contributed by atoms with Crippen LogP contribution in [0.2, 0.25) is 0 Å². The van der Waals surface area contributed by atoms with Gasteiger partial charge in [-0.3, -0.25) is 4.40 Å². The Hall–Kier alpha value is -1.41. The van der Waals surface area contributed by atoms with Crippen molar-refractivity contribution in [1.29, 1.82) is 0 Å². The SMILES string of the molecule is BC(B)(B)Nc1c(CC)nc2ccc(C3CCN(S(C)(=O)=O)CC3)cn12. The van der Waals surface area contributed by atoms with Gasteiger partial charge in [0.15, 0.2) is 0 Å². The number of hydrogen-bond donors (Lipinski definition) is 1. The molecule has 3 rings (SSSR count). The van der Waals surface area contributed by atoms with E-state index in [0.717, 1.165) is 36.4 Å². The molecule has 2 aromatic rings. The maximum atomic E-state index is 11.7. The second-order valence-corrected chi connectivity index (χ2v) is 10.2. The summed E-state index contributed by atoms with van der Waals surface area (Å²) in [4.78, 5) is 4.76. The van der Waals surface area contributed by atoms with Crippen molar-refractivity contribution in [3.8, 4) is 0 Å². The fourth-order valence-corrected chi connectivity index (χ4v) is 4.48. The summed E-state index contributed by atoms with van der Waals surface area (Å²) >= 11 is 0. The van der Waals surface area contributed by atoms with Gasteiger partial charge in [-0.05, 0) is 42.0 Å². The van der Waals surface area contributed by atoms with E-state index in [2.05, 4.69) is 58.5 Å². The van der Waals surface area contributed by atoms with Crippen LogP contribution in [0.15, 0.2) is 18.3 Å². The summed E-state index contributed by atoms with van der Waals surface area (Å²) < 4.78 is 27.2. The molecule has 0 atom stereocenters. The topological polar surface area (TPSA) is 66.7 Å². The number of aromatic nitrogens is 2. The Bertz CT molecular complexity index is 900. The Morgan fingerprint density at radius 2 is 1.92 bits per heavy atom. The van der Waals surface area contributed by atoms with Crippen LogP contribution in [-0.2, 0) is 16.4 Å². The number of nitrogens with zero attached hydrogens (tertiary/aromatic N) is 3. The zero-order valence-electron chi connectivity index (χ0n) is 16.4. The molecule has 0 aromatic carbocycles. The average molecular weight is 372 g/mol. The molecule has 138 valence electrons. The van der Waals surface area contributed by atoms with Crippen LogP contribution in [0.1, 0.15) is 36.9 Å². The largest absolute Gasteiger partial charge is 0.387 e. The lowest BCUT2D eigenvalue weighted by atomic mass is 9.49. The highest BCUT2D eigenvalue weighted by Gasteiger charge is 2.26. The molecular weight excluding hydrogens is 345 g/mol. The summed E-state index contributed by atoms with van der Waals surface area (Å²) in [6.45, 7) is 3.31. The molecule has 3 heterocycles. The highest BCUT2D eigenvalue weighted by Crippen LogP contribution is 2.30. The summed E-state index contributed by atoms with van der Waals surface area (Å²) in [7, 11) is 3.36. The van der Waals surface area contributed by atoms with E-state index in [1.165, 1.54) is 11.8 Å². The van der Waals surface area contributed by atoms with Gasteiger partial charge in [0, 0.05) is 19.3 Å². The molecule has 1 aliphatic heterocycles. The molecule has 10 heteroatoms. The van der Waals surface area contributed by atoms with Gasteiger partial charge in [-0.2, -0.15) is 0 Å². The van der Waals surface area contributed by atoms with E-state index in [4.69, 9.17) is 4.98 Å². The molecule has 6 nitrogen and oxygen atoms in total. The molecule has 1 fully saturated rings. The maximum Gasteiger partial charge on any atom is 0.211 e. The molecule has 1 aliphatic rings. The minimum Gasteiger partial charge on any atom is -0.387 e. The zero-order valence-corrected chi connectivity index (χ0v) is 17.2. The number of aryl methyl sites for hydroxylation is 1. The molecule has 0 amide bonds. The van der Waals surface area contributed by atoms with E-state index < -0.39 is 10.0 Å². The molecule has 0 spiro atoms. The number of anilines is 1. The van der Waals surface area contributed by atoms with Gasteiger partial charge >= 0.3 is 0 Å². The van der Waals surface area contributed by atoms with Crippen LogP contribution in [-0.4, -0.2) is 70.2 Å². The summed E-state index contributed by atoms with van der Waals surface area (Å²) in [6.07, 6.45) is 6.06. The van der Waals surface area contributed by atoms with E-state index in [-0.39, 0.29) is 5.24 Å². The molecule has 0 bridgehead atoms.